The zero-order valence-corrected chi connectivity index (χ0v) is 12.8. The van der Waals surface area contributed by atoms with E-state index in [2.05, 4.69) is 19.2 Å². The molecule has 2 unspecified atom stereocenters. The Morgan fingerprint density at radius 3 is 2.14 bits per heavy atom. The Bertz CT molecular complexity index is 403. The van der Waals surface area contributed by atoms with Crippen LogP contribution in [-0.4, -0.2) is 19.8 Å². The van der Waals surface area contributed by atoms with Gasteiger partial charge in [-0.05, 0) is 37.1 Å². The van der Waals surface area contributed by atoms with Crippen LogP contribution in [0.15, 0.2) is 24.3 Å². The van der Waals surface area contributed by atoms with Crippen molar-refractivity contribution in [2.45, 2.75) is 51.4 Å². The topological polar surface area (TPSA) is 21.3 Å². The van der Waals surface area contributed by atoms with Crippen molar-refractivity contribution in [1.82, 2.24) is 5.32 Å². The summed E-state index contributed by atoms with van der Waals surface area (Å²) in [6.45, 7) is 4.92. The highest BCUT2D eigenvalue weighted by Gasteiger charge is 2.30. The summed E-state index contributed by atoms with van der Waals surface area (Å²) in [6.07, 6.45) is -1.56. The molecular weight excluding hydrogens is 279 g/mol. The maximum Gasteiger partial charge on any atom is 0.416 e. The van der Waals surface area contributed by atoms with Gasteiger partial charge in [0.1, 0.15) is 0 Å². The summed E-state index contributed by atoms with van der Waals surface area (Å²) in [6, 6.07) is 5.26. The van der Waals surface area contributed by atoms with E-state index in [1.54, 1.807) is 7.11 Å². The van der Waals surface area contributed by atoms with Crippen molar-refractivity contribution in [1.29, 1.82) is 0 Å². The van der Waals surface area contributed by atoms with Crippen LogP contribution in [-0.2, 0) is 10.9 Å². The Hall–Kier alpha value is -1.07. The van der Waals surface area contributed by atoms with Gasteiger partial charge in [0.05, 0.1) is 17.7 Å². The van der Waals surface area contributed by atoms with E-state index in [0.717, 1.165) is 43.5 Å². The van der Waals surface area contributed by atoms with E-state index in [0.29, 0.717) is 0 Å². The first-order valence-corrected chi connectivity index (χ1v) is 7.37. The zero-order chi connectivity index (χ0) is 15.9. The largest absolute Gasteiger partial charge is 0.416 e. The molecule has 0 saturated heterocycles. The van der Waals surface area contributed by atoms with Crippen molar-refractivity contribution in [3.63, 3.8) is 0 Å². The molecule has 0 aliphatic carbocycles. The van der Waals surface area contributed by atoms with E-state index in [-0.39, 0.29) is 12.1 Å². The molecule has 0 amide bonds. The molecule has 0 heterocycles. The molecule has 0 aliphatic rings. The van der Waals surface area contributed by atoms with E-state index in [1.165, 1.54) is 12.1 Å². The van der Waals surface area contributed by atoms with Crippen LogP contribution in [0.2, 0.25) is 0 Å². The number of hydrogen-bond donors (Lipinski definition) is 1. The second-order valence-electron chi connectivity index (χ2n) is 5.11. The fourth-order valence-corrected chi connectivity index (χ4v) is 2.35. The molecule has 21 heavy (non-hydrogen) atoms. The van der Waals surface area contributed by atoms with Crippen molar-refractivity contribution < 1.29 is 17.9 Å². The minimum Gasteiger partial charge on any atom is -0.379 e. The van der Waals surface area contributed by atoms with Crippen molar-refractivity contribution in [2.75, 3.05) is 13.7 Å². The van der Waals surface area contributed by atoms with Crippen LogP contribution < -0.4 is 5.32 Å². The fraction of sp³-hybridized carbons (Fsp3) is 0.625. The first kappa shape index (κ1) is 18.0. The Labute approximate surface area is 124 Å². The summed E-state index contributed by atoms with van der Waals surface area (Å²) in [4.78, 5) is 0. The Balaban J connectivity index is 2.96. The number of nitrogens with one attached hydrogen (secondary N) is 1. The lowest BCUT2D eigenvalue weighted by molar-refractivity contribution is -0.137. The van der Waals surface area contributed by atoms with E-state index < -0.39 is 11.7 Å². The molecule has 1 aromatic rings. The van der Waals surface area contributed by atoms with Gasteiger partial charge in [-0.15, -0.1) is 0 Å². The van der Waals surface area contributed by atoms with Gasteiger partial charge in [-0.2, -0.15) is 13.2 Å². The second-order valence-corrected chi connectivity index (χ2v) is 5.11. The minimum atomic E-state index is -4.30. The normalized spacial score (nSPS) is 15.0. The zero-order valence-electron chi connectivity index (χ0n) is 12.8. The number of ether oxygens (including phenoxy) is 1. The van der Waals surface area contributed by atoms with Crippen LogP contribution in [0.3, 0.4) is 0 Å². The van der Waals surface area contributed by atoms with E-state index in [1.807, 2.05) is 0 Å². The molecule has 2 nitrogen and oxygen atoms in total. The van der Waals surface area contributed by atoms with Crippen molar-refractivity contribution in [3.8, 4) is 0 Å². The predicted octanol–water partition coefficient (Wildman–Crippen LogP) is 4.56. The monoisotopic (exact) mass is 303 g/mol. The van der Waals surface area contributed by atoms with Crippen molar-refractivity contribution in [3.05, 3.63) is 35.4 Å². The Kier molecular flexibility index (Phi) is 7.18. The third-order valence-corrected chi connectivity index (χ3v) is 3.46. The smallest absolute Gasteiger partial charge is 0.379 e. The molecule has 0 fully saturated rings. The minimum absolute atomic E-state index is 0.0433. The second kappa shape index (κ2) is 8.39. The molecule has 0 radical (unpaired) electrons. The molecule has 0 bridgehead atoms. The number of methoxy groups -OCH3 is 1. The quantitative estimate of drug-likeness (QED) is 0.760. The molecule has 0 spiro atoms. The number of rotatable bonds is 8. The van der Waals surface area contributed by atoms with Gasteiger partial charge in [-0.1, -0.05) is 32.4 Å². The number of halogens is 3. The van der Waals surface area contributed by atoms with Crippen LogP contribution in [0.5, 0.6) is 0 Å². The Morgan fingerprint density at radius 1 is 1.10 bits per heavy atom. The number of hydrogen-bond acceptors (Lipinski definition) is 2. The highest BCUT2D eigenvalue weighted by Crippen LogP contribution is 2.31. The molecule has 1 N–H and O–H groups in total. The predicted molar refractivity (Wildman–Crippen MR) is 78.2 cm³/mol. The number of benzene rings is 1. The maximum atomic E-state index is 12.6. The third kappa shape index (κ3) is 5.32. The summed E-state index contributed by atoms with van der Waals surface area (Å²) >= 11 is 0. The first-order chi connectivity index (χ1) is 9.93. The SMILES string of the molecule is CCCNC(c1ccc(C(F)(F)F)cc1)C(CCC)OC. The standard InChI is InChI=1S/C16H24F3NO/c1-4-6-14(21-3)15(20-11-5-2)12-7-9-13(10-8-12)16(17,18)19/h7-10,14-15,20H,4-6,11H2,1-3H3. The van der Waals surface area contributed by atoms with E-state index in [9.17, 15) is 13.2 Å². The number of alkyl halides is 3. The molecule has 1 aromatic carbocycles. The van der Waals surface area contributed by atoms with Crippen LogP contribution >= 0.6 is 0 Å². The van der Waals surface area contributed by atoms with Crippen LogP contribution in [0.1, 0.15) is 50.3 Å². The summed E-state index contributed by atoms with van der Waals surface area (Å²) < 4.78 is 43.4. The third-order valence-electron chi connectivity index (χ3n) is 3.46. The van der Waals surface area contributed by atoms with Gasteiger partial charge < -0.3 is 10.1 Å². The van der Waals surface area contributed by atoms with Crippen LogP contribution in [0.25, 0.3) is 0 Å². The molecular formula is C16H24F3NO. The van der Waals surface area contributed by atoms with Gasteiger partial charge in [0.25, 0.3) is 0 Å². The van der Waals surface area contributed by atoms with E-state index >= 15 is 0 Å². The summed E-state index contributed by atoms with van der Waals surface area (Å²) in [5.74, 6) is 0. The van der Waals surface area contributed by atoms with Gasteiger partial charge in [0.2, 0.25) is 0 Å². The lowest BCUT2D eigenvalue weighted by atomic mass is 9.97. The van der Waals surface area contributed by atoms with Gasteiger partial charge >= 0.3 is 6.18 Å². The average Bonchev–Trinajstić information content (AvgIpc) is 2.46. The van der Waals surface area contributed by atoms with Gasteiger partial charge in [-0.3, -0.25) is 0 Å². The fourth-order valence-electron chi connectivity index (χ4n) is 2.35. The molecule has 0 aromatic heterocycles. The van der Waals surface area contributed by atoms with Gasteiger partial charge in [-0.25, -0.2) is 0 Å². The molecule has 5 heteroatoms. The molecule has 120 valence electrons. The van der Waals surface area contributed by atoms with E-state index in [4.69, 9.17) is 4.74 Å². The molecule has 0 saturated carbocycles. The maximum absolute atomic E-state index is 12.6. The van der Waals surface area contributed by atoms with Crippen LogP contribution in [0, 0.1) is 0 Å². The molecule has 0 aliphatic heterocycles. The highest BCUT2D eigenvalue weighted by atomic mass is 19.4. The van der Waals surface area contributed by atoms with Crippen molar-refractivity contribution >= 4 is 0 Å². The van der Waals surface area contributed by atoms with Gasteiger partial charge in [0.15, 0.2) is 0 Å². The summed E-state index contributed by atoms with van der Waals surface area (Å²) in [5, 5.41) is 3.37. The van der Waals surface area contributed by atoms with Gasteiger partial charge in [0, 0.05) is 7.11 Å². The first-order valence-electron chi connectivity index (χ1n) is 7.37. The highest BCUT2D eigenvalue weighted by molar-refractivity contribution is 5.27. The summed E-state index contributed by atoms with van der Waals surface area (Å²) in [5.41, 5.74) is 0.210. The average molecular weight is 303 g/mol. The van der Waals surface area contributed by atoms with Crippen LogP contribution in [0.4, 0.5) is 13.2 Å². The summed E-state index contributed by atoms with van der Waals surface area (Å²) in [7, 11) is 1.64. The van der Waals surface area contributed by atoms with Crippen molar-refractivity contribution in [2.24, 2.45) is 0 Å². The lowest BCUT2D eigenvalue weighted by Gasteiger charge is -2.27. The molecule has 2 atom stereocenters. The lowest BCUT2D eigenvalue weighted by Crippen LogP contribution is -2.33. The molecule has 1 rings (SSSR count). The Morgan fingerprint density at radius 2 is 1.71 bits per heavy atom.